The SMILES string of the molecule is CC(=O)/C=C(/C)O.C[N+]1=C=[N+](c2[c-]ccc3c2oc2ncccc23)c2ccccc21.[Ir]. The van der Waals surface area contributed by atoms with Crippen LogP contribution in [-0.2, 0) is 24.9 Å². The second kappa shape index (κ2) is 9.19. The van der Waals surface area contributed by atoms with Gasteiger partial charge in [-0.25, -0.2) is 4.98 Å². The number of carbonyl (C=O) groups excluding carboxylic acids is 1. The van der Waals surface area contributed by atoms with Crippen molar-refractivity contribution in [1.82, 2.24) is 9.56 Å². The molecule has 0 aliphatic carbocycles. The zero-order chi connectivity index (χ0) is 21.3. The third-order valence-electron chi connectivity index (χ3n) is 4.56. The van der Waals surface area contributed by atoms with Crippen LogP contribution in [-0.4, -0.2) is 33.5 Å². The number of aliphatic hydroxyl groups is 1. The molecule has 4 aromatic rings. The molecule has 2 aromatic carbocycles. The molecule has 0 atom stereocenters. The van der Waals surface area contributed by atoms with E-state index in [9.17, 15) is 4.79 Å². The van der Waals surface area contributed by atoms with E-state index >= 15 is 0 Å². The number of furan rings is 1. The Bertz CT molecular complexity index is 1390. The summed E-state index contributed by atoms with van der Waals surface area (Å²) in [7, 11) is 1.99. The first-order valence-corrected chi connectivity index (χ1v) is 9.40. The molecule has 157 valence electrons. The number of nitrogens with zero attached hydrogens (tertiary/aromatic N) is 3. The number of pyridine rings is 1. The summed E-state index contributed by atoms with van der Waals surface area (Å²) in [4.78, 5) is 14.3. The molecule has 3 heterocycles. The van der Waals surface area contributed by atoms with Gasteiger partial charge >= 0.3 is 6.01 Å². The van der Waals surface area contributed by atoms with E-state index < -0.39 is 0 Å². The second-order valence-electron chi connectivity index (χ2n) is 6.91. The van der Waals surface area contributed by atoms with Gasteiger partial charge in [-0.3, -0.25) is 4.79 Å². The van der Waals surface area contributed by atoms with E-state index in [1.807, 2.05) is 52.6 Å². The monoisotopic (exact) mass is 591 g/mol. The van der Waals surface area contributed by atoms with Gasteiger partial charge in [-0.05, 0) is 26.0 Å². The molecular formula is C24H20IrN3O3+. The van der Waals surface area contributed by atoms with Crippen molar-refractivity contribution in [3.05, 3.63) is 72.6 Å². The van der Waals surface area contributed by atoms with Gasteiger partial charge in [0.2, 0.25) is 5.71 Å². The predicted octanol–water partition coefficient (Wildman–Crippen LogP) is 5.11. The number of aromatic nitrogens is 1. The summed E-state index contributed by atoms with van der Waals surface area (Å²) in [5, 5.41) is 10.4. The van der Waals surface area contributed by atoms with Crippen molar-refractivity contribution in [2.45, 2.75) is 13.8 Å². The molecule has 1 aliphatic rings. The number of hydrogen-bond donors (Lipinski definition) is 1. The normalized spacial score (nSPS) is 12.4. The van der Waals surface area contributed by atoms with Crippen LogP contribution in [0, 0.1) is 6.07 Å². The number of benzene rings is 2. The van der Waals surface area contributed by atoms with Crippen LogP contribution < -0.4 is 4.58 Å². The summed E-state index contributed by atoms with van der Waals surface area (Å²) < 4.78 is 9.96. The van der Waals surface area contributed by atoms with Crippen molar-refractivity contribution >= 4 is 50.9 Å². The predicted molar refractivity (Wildman–Crippen MR) is 116 cm³/mol. The van der Waals surface area contributed by atoms with Crippen LogP contribution in [0.25, 0.3) is 22.1 Å². The fraction of sp³-hybridized carbons (Fsp3) is 0.125. The minimum Gasteiger partial charge on any atom is -0.512 e. The van der Waals surface area contributed by atoms with Crippen molar-refractivity contribution in [2.75, 3.05) is 7.05 Å². The zero-order valence-electron chi connectivity index (χ0n) is 17.2. The molecule has 1 aliphatic heterocycles. The molecule has 1 radical (unpaired) electrons. The fourth-order valence-corrected chi connectivity index (χ4v) is 3.39. The Morgan fingerprint density at radius 3 is 2.55 bits per heavy atom. The van der Waals surface area contributed by atoms with Crippen molar-refractivity contribution in [1.29, 1.82) is 0 Å². The summed E-state index contributed by atoms with van der Waals surface area (Å²) in [6, 6.07) is 22.7. The van der Waals surface area contributed by atoms with Crippen molar-refractivity contribution in [3.63, 3.8) is 0 Å². The largest absolute Gasteiger partial charge is 0.512 e. The number of carbonyl (C=O) groups is 1. The van der Waals surface area contributed by atoms with E-state index in [4.69, 9.17) is 9.52 Å². The Balaban J connectivity index is 0.000000299. The number of para-hydroxylation sites is 2. The third kappa shape index (κ3) is 4.39. The van der Waals surface area contributed by atoms with Gasteiger partial charge in [0.25, 0.3) is 11.4 Å². The molecule has 2 aromatic heterocycles. The number of fused-ring (bicyclic) bond motifs is 4. The Kier molecular flexibility index (Phi) is 6.62. The van der Waals surface area contributed by atoms with Gasteiger partial charge in [0.1, 0.15) is 0 Å². The molecule has 31 heavy (non-hydrogen) atoms. The van der Waals surface area contributed by atoms with Crippen LogP contribution in [0.1, 0.15) is 13.8 Å². The van der Waals surface area contributed by atoms with Crippen LogP contribution in [0.15, 0.2) is 71.0 Å². The van der Waals surface area contributed by atoms with Crippen LogP contribution in [0.3, 0.4) is 0 Å². The molecule has 1 N–H and O–H groups in total. The Morgan fingerprint density at radius 2 is 1.87 bits per heavy atom. The first-order valence-electron chi connectivity index (χ1n) is 9.40. The van der Waals surface area contributed by atoms with Gasteiger partial charge in [-0.2, -0.15) is 12.1 Å². The van der Waals surface area contributed by atoms with E-state index in [1.165, 1.54) is 19.9 Å². The molecule has 0 saturated carbocycles. The number of allylic oxidation sites excluding steroid dienone is 2. The van der Waals surface area contributed by atoms with Crippen molar-refractivity contribution in [2.24, 2.45) is 0 Å². The standard InChI is InChI=1S/C19H12N3O.C5H8O2.Ir/c1-21-12-22(16-9-3-2-8-15(16)21)17-10-4-6-13-14-7-5-11-20-19(14)23-18(13)17;1-4(6)3-5(2)7;/h2-9,11H,1H3;3,6H,1-2H3;/q+1;;/b;4-3-;. The Labute approximate surface area is 192 Å². The average Bonchev–Trinajstić information content (AvgIpc) is 3.26. The maximum absolute atomic E-state index is 10.0. The molecule has 0 amide bonds. The van der Waals surface area contributed by atoms with Crippen molar-refractivity contribution < 1.29 is 39.0 Å². The molecule has 5 rings (SSSR count). The van der Waals surface area contributed by atoms with Gasteiger partial charge in [0.15, 0.2) is 18.5 Å². The van der Waals surface area contributed by atoms with Crippen LogP contribution in [0.4, 0.5) is 17.1 Å². The fourth-order valence-electron chi connectivity index (χ4n) is 3.39. The van der Waals surface area contributed by atoms with Gasteiger partial charge in [-0.1, -0.05) is 26.7 Å². The summed E-state index contributed by atoms with van der Waals surface area (Å²) in [5.74, 6) is -0.0625. The Morgan fingerprint density at radius 1 is 1.13 bits per heavy atom. The minimum absolute atomic E-state index is 0. The molecule has 6 nitrogen and oxygen atoms in total. The topological polar surface area (TPSA) is 69.3 Å². The average molecular weight is 591 g/mol. The van der Waals surface area contributed by atoms with Gasteiger partial charge in [-0.15, -0.1) is 6.07 Å². The summed E-state index contributed by atoms with van der Waals surface area (Å²) in [5.41, 5.74) is 4.43. The minimum atomic E-state index is -0.125. The van der Waals surface area contributed by atoms with Crippen LogP contribution in [0.2, 0.25) is 0 Å². The van der Waals surface area contributed by atoms with E-state index in [0.29, 0.717) is 5.71 Å². The molecule has 0 saturated heterocycles. The van der Waals surface area contributed by atoms with Gasteiger partial charge in [0.05, 0.1) is 11.3 Å². The molecule has 0 bridgehead atoms. The Hall–Kier alpha value is -3.37. The third-order valence-corrected chi connectivity index (χ3v) is 4.56. The van der Waals surface area contributed by atoms with Crippen LogP contribution in [0.5, 0.6) is 0 Å². The van der Waals surface area contributed by atoms with Crippen molar-refractivity contribution in [3.8, 4) is 0 Å². The van der Waals surface area contributed by atoms with E-state index in [0.717, 1.165) is 33.4 Å². The summed E-state index contributed by atoms with van der Waals surface area (Å²) in [6.45, 7) is 2.85. The van der Waals surface area contributed by atoms with E-state index in [-0.39, 0.29) is 31.6 Å². The summed E-state index contributed by atoms with van der Waals surface area (Å²) in [6.07, 6.45) is 2.91. The number of aliphatic hydroxyl groups excluding tert-OH is 1. The number of ketones is 1. The number of hydrogen-bond acceptors (Lipinski definition) is 4. The zero-order valence-corrected chi connectivity index (χ0v) is 19.6. The quantitative estimate of drug-likeness (QED) is 0.153. The molecule has 7 heteroatoms. The maximum atomic E-state index is 10.0. The first kappa shape index (κ1) is 22.3. The van der Waals surface area contributed by atoms with E-state index in [1.54, 1.807) is 6.20 Å². The van der Waals surface area contributed by atoms with E-state index in [2.05, 4.69) is 29.2 Å². The first-order chi connectivity index (χ1) is 14.5. The number of rotatable bonds is 2. The molecule has 0 spiro atoms. The van der Waals surface area contributed by atoms with Gasteiger partial charge < -0.3 is 9.52 Å². The van der Waals surface area contributed by atoms with Crippen LogP contribution >= 0.6 is 0 Å². The second-order valence-corrected chi connectivity index (χ2v) is 6.91. The molecule has 0 fully saturated rings. The molecule has 0 unspecified atom stereocenters. The molecular weight excluding hydrogens is 570 g/mol. The van der Waals surface area contributed by atoms with Gasteiger partial charge in [0, 0.05) is 49.9 Å². The maximum Gasteiger partial charge on any atom is 0.494 e. The smallest absolute Gasteiger partial charge is 0.494 e. The summed E-state index contributed by atoms with van der Waals surface area (Å²) >= 11 is 0.